The first-order valence-electron chi connectivity index (χ1n) is 4.27. The smallest absolute Gasteiger partial charge is 0.238 e. The van der Waals surface area contributed by atoms with Crippen LogP contribution in [0.5, 0.6) is 0 Å². The summed E-state index contributed by atoms with van der Waals surface area (Å²) in [7, 11) is 3.75. The van der Waals surface area contributed by atoms with Crippen LogP contribution in [0.4, 0.5) is 0 Å². The Morgan fingerprint density at radius 1 is 1.57 bits per heavy atom. The minimum Gasteiger partial charge on any atom is -0.444 e. The maximum absolute atomic E-state index is 8.97. The van der Waals surface area contributed by atoms with Crippen molar-refractivity contribution in [1.29, 1.82) is 5.26 Å². The zero-order valence-electron chi connectivity index (χ0n) is 8.83. The second-order valence-electron chi connectivity index (χ2n) is 3.26. The third-order valence-electron chi connectivity index (χ3n) is 1.98. The number of nitrogens with zero attached hydrogens (tertiary/aromatic N) is 3. The number of allylic oxidation sites excluding steroid dienone is 2. The van der Waals surface area contributed by atoms with Crippen LogP contribution in [0.2, 0.25) is 0 Å². The first-order chi connectivity index (χ1) is 6.56. The maximum atomic E-state index is 8.97. The molecule has 0 aliphatic heterocycles. The van der Waals surface area contributed by atoms with Crippen molar-refractivity contribution in [3.8, 4) is 6.07 Å². The van der Waals surface area contributed by atoms with Gasteiger partial charge in [-0.25, -0.2) is 4.98 Å². The molecule has 14 heavy (non-hydrogen) atoms. The summed E-state index contributed by atoms with van der Waals surface area (Å²) in [6, 6.07) is 2.09. The molecule has 0 saturated heterocycles. The molecule has 4 nitrogen and oxygen atoms in total. The van der Waals surface area contributed by atoms with Gasteiger partial charge in [0.1, 0.15) is 17.9 Å². The molecule has 4 heteroatoms. The lowest BCUT2D eigenvalue weighted by Crippen LogP contribution is -2.10. The molecule has 0 saturated carbocycles. The van der Waals surface area contributed by atoms with E-state index in [0.29, 0.717) is 11.5 Å². The van der Waals surface area contributed by atoms with E-state index in [9.17, 15) is 0 Å². The number of oxazole rings is 1. The Bertz CT molecular complexity index is 396. The van der Waals surface area contributed by atoms with E-state index >= 15 is 0 Å². The van der Waals surface area contributed by atoms with Gasteiger partial charge in [-0.05, 0) is 13.8 Å². The number of aromatic nitrogens is 1. The van der Waals surface area contributed by atoms with Crippen molar-refractivity contribution in [1.82, 2.24) is 9.88 Å². The predicted molar refractivity (Wildman–Crippen MR) is 53.1 cm³/mol. The zero-order valence-corrected chi connectivity index (χ0v) is 8.83. The van der Waals surface area contributed by atoms with Crippen LogP contribution in [0, 0.1) is 18.3 Å². The molecule has 0 amide bonds. The van der Waals surface area contributed by atoms with Gasteiger partial charge in [0, 0.05) is 19.8 Å². The number of rotatable bonds is 2. The topological polar surface area (TPSA) is 53.1 Å². The van der Waals surface area contributed by atoms with E-state index in [1.807, 2.05) is 32.8 Å². The average Bonchev–Trinajstić information content (AvgIpc) is 2.53. The summed E-state index contributed by atoms with van der Waals surface area (Å²) in [6.45, 7) is 3.69. The molecule has 0 unspecified atom stereocenters. The first kappa shape index (κ1) is 10.3. The van der Waals surface area contributed by atoms with Crippen LogP contribution < -0.4 is 0 Å². The van der Waals surface area contributed by atoms with Crippen molar-refractivity contribution in [3.63, 3.8) is 0 Å². The molecule has 0 bridgehead atoms. The molecular weight excluding hydrogens is 178 g/mol. The molecule has 1 heterocycles. The molecule has 0 radical (unpaired) electrons. The van der Waals surface area contributed by atoms with Gasteiger partial charge in [-0.2, -0.15) is 5.26 Å². The molecule has 0 spiro atoms. The largest absolute Gasteiger partial charge is 0.444 e. The second kappa shape index (κ2) is 3.97. The fourth-order valence-corrected chi connectivity index (χ4v) is 0.976. The van der Waals surface area contributed by atoms with Crippen LogP contribution in [-0.2, 0) is 0 Å². The molecule has 0 fully saturated rings. The summed E-state index contributed by atoms with van der Waals surface area (Å²) in [5.74, 6) is 0.385. The van der Waals surface area contributed by atoms with E-state index in [1.54, 1.807) is 0 Å². The Labute approximate surface area is 83.5 Å². The Morgan fingerprint density at radius 2 is 2.21 bits per heavy atom. The standard InChI is InChI=1S/C10H13N3O/c1-7-6-14-10(12-7)9(5-11)8(2)13(3)4/h6H,1-4H3/b9-8+. The number of hydrogen-bond acceptors (Lipinski definition) is 4. The van der Waals surface area contributed by atoms with E-state index in [-0.39, 0.29) is 0 Å². The van der Waals surface area contributed by atoms with Crippen LogP contribution in [0.15, 0.2) is 16.4 Å². The van der Waals surface area contributed by atoms with Gasteiger partial charge in [-0.3, -0.25) is 0 Å². The summed E-state index contributed by atoms with van der Waals surface area (Å²) < 4.78 is 5.17. The predicted octanol–water partition coefficient (Wildman–Crippen LogP) is 1.80. The fourth-order valence-electron chi connectivity index (χ4n) is 0.976. The monoisotopic (exact) mass is 191 g/mol. The van der Waals surface area contributed by atoms with E-state index in [1.165, 1.54) is 6.26 Å². The lowest BCUT2D eigenvalue weighted by atomic mass is 10.2. The highest BCUT2D eigenvalue weighted by Gasteiger charge is 2.12. The molecule has 1 aromatic rings. The molecule has 0 N–H and O–H groups in total. The van der Waals surface area contributed by atoms with Gasteiger partial charge in [-0.1, -0.05) is 0 Å². The van der Waals surface area contributed by atoms with Gasteiger partial charge in [-0.15, -0.1) is 0 Å². The van der Waals surface area contributed by atoms with Gasteiger partial charge in [0.05, 0.1) is 5.69 Å². The summed E-state index contributed by atoms with van der Waals surface area (Å²) >= 11 is 0. The zero-order chi connectivity index (χ0) is 10.7. The highest BCUT2D eigenvalue weighted by Crippen LogP contribution is 2.18. The van der Waals surface area contributed by atoms with Gasteiger partial charge in [0.2, 0.25) is 5.89 Å². The number of hydrogen-bond donors (Lipinski definition) is 0. The number of nitriles is 1. The number of aryl methyl sites for hydroxylation is 1. The Morgan fingerprint density at radius 3 is 2.57 bits per heavy atom. The highest BCUT2D eigenvalue weighted by molar-refractivity contribution is 5.73. The first-order valence-corrected chi connectivity index (χ1v) is 4.27. The molecule has 0 aliphatic rings. The van der Waals surface area contributed by atoms with Crippen molar-refractivity contribution in [2.24, 2.45) is 0 Å². The Hall–Kier alpha value is -1.76. The summed E-state index contributed by atoms with van der Waals surface area (Å²) in [5, 5.41) is 8.97. The molecular formula is C10H13N3O. The molecule has 74 valence electrons. The van der Waals surface area contributed by atoms with E-state index in [4.69, 9.17) is 9.68 Å². The molecule has 1 rings (SSSR count). The van der Waals surface area contributed by atoms with Crippen LogP contribution in [0.3, 0.4) is 0 Å². The second-order valence-corrected chi connectivity index (χ2v) is 3.26. The lowest BCUT2D eigenvalue weighted by Gasteiger charge is -2.13. The van der Waals surface area contributed by atoms with Gasteiger partial charge in [0.25, 0.3) is 0 Å². The quantitative estimate of drug-likeness (QED) is 0.669. The molecule has 1 aromatic heterocycles. The van der Waals surface area contributed by atoms with Gasteiger partial charge >= 0.3 is 0 Å². The van der Waals surface area contributed by atoms with E-state index in [2.05, 4.69) is 11.1 Å². The Balaban J connectivity index is 3.18. The van der Waals surface area contributed by atoms with Crippen LogP contribution in [0.1, 0.15) is 18.5 Å². The summed E-state index contributed by atoms with van der Waals surface area (Å²) in [4.78, 5) is 5.97. The van der Waals surface area contributed by atoms with E-state index in [0.717, 1.165) is 11.4 Å². The highest BCUT2D eigenvalue weighted by atomic mass is 16.3. The van der Waals surface area contributed by atoms with Crippen LogP contribution in [0.25, 0.3) is 5.57 Å². The average molecular weight is 191 g/mol. The van der Waals surface area contributed by atoms with Crippen LogP contribution in [-0.4, -0.2) is 24.0 Å². The molecule has 0 atom stereocenters. The third kappa shape index (κ3) is 1.94. The Kier molecular flexibility index (Phi) is 2.92. The van der Waals surface area contributed by atoms with Gasteiger partial charge < -0.3 is 9.32 Å². The summed E-state index contributed by atoms with van der Waals surface area (Å²) in [5.41, 5.74) is 2.09. The van der Waals surface area contributed by atoms with Crippen LogP contribution >= 0.6 is 0 Å². The van der Waals surface area contributed by atoms with E-state index < -0.39 is 0 Å². The van der Waals surface area contributed by atoms with Crippen molar-refractivity contribution in [3.05, 3.63) is 23.5 Å². The third-order valence-corrected chi connectivity index (χ3v) is 1.98. The minimum absolute atomic E-state index is 0.385. The normalized spacial score (nSPS) is 11.9. The van der Waals surface area contributed by atoms with Crippen molar-refractivity contribution >= 4 is 5.57 Å². The SMILES string of the molecule is C/C(=C(/C#N)c1nc(C)co1)N(C)C. The molecule has 0 aliphatic carbocycles. The minimum atomic E-state index is 0.385. The maximum Gasteiger partial charge on any atom is 0.238 e. The summed E-state index contributed by atoms with van der Waals surface area (Å²) in [6.07, 6.45) is 1.54. The van der Waals surface area contributed by atoms with Gasteiger partial charge in [0.15, 0.2) is 0 Å². The van der Waals surface area contributed by atoms with Crippen molar-refractivity contribution < 1.29 is 4.42 Å². The van der Waals surface area contributed by atoms with Crippen molar-refractivity contribution in [2.45, 2.75) is 13.8 Å². The molecule has 0 aromatic carbocycles. The fraction of sp³-hybridized carbons (Fsp3) is 0.400. The van der Waals surface area contributed by atoms with Crippen molar-refractivity contribution in [2.75, 3.05) is 14.1 Å². The lowest BCUT2D eigenvalue weighted by molar-refractivity contribution is 0.505.